The van der Waals surface area contributed by atoms with Crippen molar-refractivity contribution in [3.05, 3.63) is 29.6 Å². The predicted molar refractivity (Wildman–Crippen MR) is 84.1 cm³/mol. The second-order valence-corrected chi connectivity index (χ2v) is 6.04. The Bertz CT molecular complexity index is 726. The lowest BCUT2D eigenvalue weighted by molar-refractivity contribution is 0.0540. The van der Waals surface area contributed by atoms with Gasteiger partial charge in [0.25, 0.3) is 5.91 Å². The molecule has 0 radical (unpaired) electrons. The van der Waals surface area contributed by atoms with Crippen LogP contribution in [0.1, 0.15) is 43.9 Å². The van der Waals surface area contributed by atoms with Crippen LogP contribution in [0.2, 0.25) is 0 Å². The number of nitrogens with one attached hydrogen (secondary N) is 1. The average molecular weight is 303 g/mol. The van der Waals surface area contributed by atoms with Gasteiger partial charge in [0.1, 0.15) is 11.4 Å². The third kappa shape index (κ3) is 3.27. The molecule has 1 N–H and O–H groups in total. The summed E-state index contributed by atoms with van der Waals surface area (Å²) in [5, 5.41) is 2.74. The number of carbonyl (C=O) groups is 2. The first-order valence-corrected chi connectivity index (χ1v) is 7.23. The van der Waals surface area contributed by atoms with Gasteiger partial charge in [0.15, 0.2) is 0 Å². The van der Waals surface area contributed by atoms with E-state index in [1.165, 1.54) is 4.57 Å². The summed E-state index contributed by atoms with van der Waals surface area (Å²) in [5.74, 6) is 0.344. The SMILES string of the molecule is CCNC(=O)c1ccc2nc(C)n(C(=O)OC(C)(C)C)c2c1. The van der Waals surface area contributed by atoms with Crippen molar-refractivity contribution in [1.29, 1.82) is 0 Å². The standard InChI is InChI=1S/C16H21N3O3/c1-6-17-14(20)11-7-8-12-13(9-11)19(10(2)18-12)15(21)22-16(3,4)5/h7-9H,6H2,1-5H3,(H,17,20). The molecule has 1 heterocycles. The molecule has 1 aromatic heterocycles. The van der Waals surface area contributed by atoms with Crippen molar-refractivity contribution < 1.29 is 14.3 Å². The zero-order chi connectivity index (χ0) is 16.5. The normalized spacial score (nSPS) is 11.5. The van der Waals surface area contributed by atoms with Gasteiger partial charge in [0, 0.05) is 12.1 Å². The molecule has 0 aliphatic carbocycles. The number of hydrogen-bond acceptors (Lipinski definition) is 4. The van der Waals surface area contributed by atoms with E-state index in [4.69, 9.17) is 4.74 Å². The minimum Gasteiger partial charge on any atom is -0.443 e. The van der Waals surface area contributed by atoms with Crippen LogP contribution in [0, 0.1) is 6.92 Å². The maximum absolute atomic E-state index is 12.4. The van der Waals surface area contributed by atoms with E-state index in [0.29, 0.717) is 29.0 Å². The highest BCUT2D eigenvalue weighted by molar-refractivity contribution is 5.98. The van der Waals surface area contributed by atoms with Gasteiger partial charge in [-0.05, 0) is 52.8 Å². The largest absolute Gasteiger partial charge is 0.443 e. The van der Waals surface area contributed by atoms with Crippen LogP contribution in [-0.4, -0.2) is 33.7 Å². The van der Waals surface area contributed by atoms with Gasteiger partial charge in [-0.3, -0.25) is 4.79 Å². The van der Waals surface area contributed by atoms with E-state index in [1.54, 1.807) is 45.9 Å². The fraction of sp³-hybridized carbons (Fsp3) is 0.438. The van der Waals surface area contributed by atoms with Crippen molar-refractivity contribution >= 4 is 23.0 Å². The molecule has 0 fully saturated rings. The summed E-state index contributed by atoms with van der Waals surface area (Å²) in [4.78, 5) is 28.7. The maximum atomic E-state index is 12.4. The molecule has 0 bridgehead atoms. The first kappa shape index (κ1) is 16.0. The van der Waals surface area contributed by atoms with Gasteiger partial charge in [0.05, 0.1) is 11.0 Å². The summed E-state index contributed by atoms with van der Waals surface area (Å²) in [6, 6.07) is 5.08. The first-order chi connectivity index (χ1) is 10.2. The Morgan fingerprint density at radius 2 is 2.00 bits per heavy atom. The Kier molecular flexibility index (Phi) is 4.21. The van der Waals surface area contributed by atoms with E-state index < -0.39 is 11.7 Å². The Morgan fingerprint density at radius 3 is 2.59 bits per heavy atom. The third-order valence-corrected chi connectivity index (χ3v) is 3.00. The van der Waals surface area contributed by atoms with Crippen LogP contribution in [0.3, 0.4) is 0 Å². The number of aromatic nitrogens is 2. The molecule has 0 atom stereocenters. The van der Waals surface area contributed by atoms with Crippen molar-refractivity contribution in [2.45, 2.75) is 40.2 Å². The highest BCUT2D eigenvalue weighted by Gasteiger charge is 2.22. The number of amides is 1. The van der Waals surface area contributed by atoms with Crippen LogP contribution in [0.25, 0.3) is 11.0 Å². The molecule has 6 heteroatoms. The van der Waals surface area contributed by atoms with Gasteiger partial charge in [-0.2, -0.15) is 0 Å². The Hall–Kier alpha value is -2.37. The third-order valence-electron chi connectivity index (χ3n) is 3.00. The second kappa shape index (κ2) is 5.79. The van der Waals surface area contributed by atoms with Crippen LogP contribution in [0.4, 0.5) is 4.79 Å². The molecular formula is C16H21N3O3. The number of hydrogen-bond donors (Lipinski definition) is 1. The molecule has 0 saturated heterocycles. The molecule has 1 aromatic carbocycles. The molecule has 22 heavy (non-hydrogen) atoms. The minimum absolute atomic E-state index is 0.181. The smallest absolute Gasteiger partial charge is 0.420 e. The van der Waals surface area contributed by atoms with E-state index >= 15 is 0 Å². The number of fused-ring (bicyclic) bond motifs is 1. The fourth-order valence-corrected chi connectivity index (χ4v) is 2.14. The summed E-state index contributed by atoms with van der Waals surface area (Å²) in [5.41, 5.74) is 1.10. The number of nitrogens with zero attached hydrogens (tertiary/aromatic N) is 2. The van der Waals surface area contributed by atoms with E-state index in [0.717, 1.165) is 0 Å². The highest BCUT2D eigenvalue weighted by Crippen LogP contribution is 2.20. The van der Waals surface area contributed by atoms with Crippen LogP contribution in [-0.2, 0) is 4.74 Å². The van der Waals surface area contributed by atoms with Gasteiger partial charge in [-0.1, -0.05) is 0 Å². The molecule has 0 saturated carbocycles. The van der Waals surface area contributed by atoms with Crippen LogP contribution in [0.5, 0.6) is 0 Å². The van der Waals surface area contributed by atoms with E-state index in [-0.39, 0.29) is 5.91 Å². The highest BCUT2D eigenvalue weighted by atomic mass is 16.6. The fourth-order valence-electron chi connectivity index (χ4n) is 2.14. The minimum atomic E-state index is -0.600. The molecular weight excluding hydrogens is 282 g/mol. The number of rotatable bonds is 2. The molecule has 2 aromatic rings. The van der Waals surface area contributed by atoms with Crippen molar-refractivity contribution in [3.8, 4) is 0 Å². The second-order valence-electron chi connectivity index (χ2n) is 6.04. The molecule has 0 aliphatic heterocycles. The molecule has 1 amide bonds. The molecule has 6 nitrogen and oxygen atoms in total. The number of aryl methyl sites for hydroxylation is 1. The zero-order valence-electron chi connectivity index (χ0n) is 13.6. The van der Waals surface area contributed by atoms with Gasteiger partial charge in [-0.25, -0.2) is 14.3 Å². The number of benzene rings is 1. The van der Waals surface area contributed by atoms with Crippen molar-refractivity contribution in [3.63, 3.8) is 0 Å². The van der Waals surface area contributed by atoms with Gasteiger partial charge in [0.2, 0.25) is 0 Å². The van der Waals surface area contributed by atoms with Crippen molar-refractivity contribution in [2.24, 2.45) is 0 Å². The van der Waals surface area contributed by atoms with E-state index in [1.807, 2.05) is 6.92 Å². The Morgan fingerprint density at radius 1 is 1.32 bits per heavy atom. The van der Waals surface area contributed by atoms with Crippen LogP contribution < -0.4 is 5.32 Å². The summed E-state index contributed by atoms with van der Waals surface area (Å²) in [6.07, 6.45) is -0.499. The van der Waals surface area contributed by atoms with Gasteiger partial charge < -0.3 is 10.1 Å². The monoisotopic (exact) mass is 303 g/mol. The molecule has 2 rings (SSSR count). The number of carbonyl (C=O) groups excluding carboxylic acids is 2. The Labute approximate surface area is 129 Å². The summed E-state index contributed by atoms with van der Waals surface area (Å²) in [6.45, 7) is 9.54. The summed E-state index contributed by atoms with van der Waals surface area (Å²) < 4.78 is 6.79. The van der Waals surface area contributed by atoms with Crippen LogP contribution >= 0.6 is 0 Å². The lowest BCUT2D eigenvalue weighted by Crippen LogP contribution is -2.27. The first-order valence-electron chi connectivity index (χ1n) is 7.23. The number of ether oxygens (including phenoxy) is 1. The predicted octanol–water partition coefficient (Wildman–Crippen LogP) is 2.88. The zero-order valence-corrected chi connectivity index (χ0v) is 13.6. The van der Waals surface area contributed by atoms with Gasteiger partial charge in [-0.15, -0.1) is 0 Å². The molecule has 118 valence electrons. The van der Waals surface area contributed by atoms with E-state index in [9.17, 15) is 9.59 Å². The molecule has 0 aliphatic rings. The lowest BCUT2D eigenvalue weighted by atomic mass is 10.2. The topological polar surface area (TPSA) is 73.2 Å². The van der Waals surface area contributed by atoms with E-state index in [2.05, 4.69) is 10.3 Å². The average Bonchev–Trinajstić information content (AvgIpc) is 2.71. The van der Waals surface area contributed by atoms with Crippen molar-refractivity contribution in [2.75, 3.05) is 6.54 Å². The molecule has 0 spiro atoms. The maximum Gasteiger partial charge on any atom is 0.420 e. The Balaban J connectivity index is 2.49. The quantitative estimate of drug-likeness (QED) is 0.926. The lowest BCUT2D eigenvalue weighted by Gasteiger charge is -2.20. The van der Waals surface area contributed by atoms with Crippen LogP contribution in [0.15, 0.2) is 18.2 Å². The summed E-state index contributed by atoms with van der Waals surface area (Å²) in [7, 11) is 0. The summed E-state index contributed by atoms with van der Waals surface area (Å²) >= 11 is 0. The number of imidazole rings is 1. The van der Waals surface area contributed by atoms with Gasteiger partial charge >= 0.3 is 6.09 Å². The van der Waals surface area contributed by atoms with Crippen molar-refractivity contribution in [1.82, 2.24) is 14.9 Å². The molecule has 0 unspecified atom stereocenters.